The Labute approximate surface area is 404 Å². The Hall–Kier alpha value is -5.03. The molecule has 7 rings (SSSR count). The van der Waals surface area contributed by atoms with Crippen molar-refractivity contribution < 1.29 is 8.83 Å². The summed E-state index contributed by atoms with van der Waals surface area (Å²) in [6.45, 7) is 46.0. The fourth-order valence-electron chi connectivity index (χ4n) is 6.19. The fourth-order valence-corrected chi connectivity index (χ4v) is 6.19. The molecule has 0 atom stereocenters. The number of pyridine rings is 1. The summed E-state index contributed by atoms with van der Waals surface area (Å²) in [6, 6.07) is 30.9. The van der Waals surface area contributed by atoms with Gasteiger partial charge >= 0.3 is 0 Å². The van der Waals surface area contributed by atoms with Gasteiger partial charge in [-0.15, -0.1) is 0 Å². The van der Waals surface area contributed by atoms with E-state index in [2.05, 4.69) is 246 Å². The van der Waals surface area contributed by atoms with Crippen LogP contribution in [0, 0.1) is 5.41 Å². The van der Waals surface area contributed by atoms with Gasteiger partial charge in [-0.25, -0.2) is 0 Å². The zero-order valence-electron chi connectivity index (χ0n) is 45.8. The van der Waals surface area contributed by atoms with Gasteiger partial charge in [0.1, 0.15) is 5.76 Å². The first kappa shape index (κ1) is 59.0. The van der Waals surface area contributed by atoms with Crippen LogP contribution >= 0.6 is 0 Å². The van der Waals surface area contributed by atoms with Crippen molar-refractivity contribution in [1.82, 2.24) is 14.5 Å². The van der Waals surface area contributed by atoms with Crippen LogP contribution in [0.4, 0.5) is 0 Å². The van der Waals surface area contributed by atoms with E-state index in [-0.39, 0.29) is 27.1 Å². The highest BCUT2D eigenvalue weighted by atomic mass is 16.3. The molecule has 0 spiro atoms. The van der Waals surface area contributed by atoms with E-state index in [4.69, 9.17) is 8.83 Å². The second kappa shape index (κ2) is 25.8. The van der Waals surface area contributed by atoms with Crippen molar-refractivity contribution in [2.24, 2.45) is 12.5 Å². The summed E-state index contributed by atoms with van der Waals surface area (Å²) in [7, 11) is 2.08. The molecule has 0 aliphatic heterocycles. The van der Waals surface area contributed by atoms with Gasteiger partial charge in [-0.2, -0.15) is 0 Å². The molecule has 5 heteroatoms. The molecule has 0 bridgehead atoms. The molecule has 1 aliphatic carbocycles. The van der Waals surface area contributed by atoms with Gasteiger partial charge in [-0.3, -0.25) is 4.98 Å². The van der Waals surface area contributed by atoms with Crippen molar-refractivity contribution in [2.75, 3.05) is 0 Å². The minimum absolute atomic E-state index is 0.156. The van der Waals surface area contributed by atoms with Gasteiger partial charge in [0.15, 0.2) is 0 Å². The zero-order valence-corrected chi connectivity index (χ0v) is 45.8. The summed E-state index contributed by atoms with van der Waals surface area (Å²) in [4.78, 5) is 7.43. The number of furan rings is 2. The average molecular weight is 900 g/mol. The van der Waals surface area contributed by atoms with E-state index in [1.807, 2.05) is 48.8 Å². The molecule has 1 N–H and O–H groups in total. The zero-order chi connectivity index (χ0) is 50.6. The topological polar surface area (TPSA) is 59.9 Å². The molecule has 5 aromatic heterocycles. The van der Waals surface area contributed by atoms with Crippen LogP contribution in [0.15, 0.2) is 161 Å². The van der Waals surface area contributed by atoms with Gasteiger partial charge in [0.25, 0.3) is 0 Å². The molecule has 0 saturated heterocycles. The standard InChI is InChI=1S/C10H14.C9H15N.C9H13N.C9H14.C8H13N.2C8H12O/c1-10(2,3)9-7-5-4-6-8-9;1-9(2,3)8-6-5-7-10(8)4;1-9(2,3)8-6-4-5-7-10-8;1-9(2,3)8-6-4-5-7-8;1-8(2,3)7-5-4-6-9-7;1-8(2,3)7-4-5-9-6-7;1-8(2,3)7-5-4-6-9-7/h4-8H,1-3H3;5-7H,1-4H3;4-7H,1-3H3;4,6-7H,5H2,1-3H3;4-6,9H,1-3H3;2*4-6H,1-3H3. The highest BCUT2D eigenvalue weighted by Gasteiger charge is 2.18. The Bertz CT molecular complexity index is 2010. The largest absolute Gasteiger partial charge is 0.472 e. The van der Waals surface area contributed by atoms with E-state index < -0.39 is 0 Å². The van der Waals surface area contributed by atoms with Crippen LogP contribution in [0.1, 0.15) is 186 Å². The van der Waals surface area contributed by atoms with Crippen LogP contribution in [0.3, 0.4) is 0 Å². The number of aromatic amines is 1. The lowest BCUT2D eigenvalue weighted by molar-refractivity contribution is 0.409. The monoisotopic (exact) mass is 900 g/mol. The van der Waals surface area contributed by atoms with Crippen LogP contribution < -0.4 is 0 Å². The molecule has 0 unspecified atom stereocenters. The lowest BCUT2D eigenvalue weighted by Crippen LogP contribution is -2.15. The van der Waals surface area contributed by atoms with Crippen LogP contribution in [0.2, 0.25) is 0 Å². The van der Waals surface area contributed by atoms with Crippen molar-refractivity contribution in [1.29, 1.82) is 0 Å². The number of hydrogen-bond acceptors (Lipinski definition) is 3. The van der Waals surface area contributed by atoms with Crippen molar-refractivity contribution in [2.45, 2.75) is 184 Å². The first-order valence-electron chi connectivity index (χ1n) is 23.8. The molecule has 0 saturated carbocycles. The van der Waals surface area contributed by atoms with Crippen molar-refractivity contribution in [3.05, 3.63) is 186 Å². The molecule has 1 aliphatic rings. The van der Waals surface area contributed by atoms with Crippen molar-refractivity contribution >= 4 is 0 Å². The third-order valence-electron chi connectivity index (χ3n) is 10.5. The minimum atomic E-state index is 0.156. The number of H-pyrrole nitrogens is 1. The highest BCUT2D eigenvalue weighted by molar-refractivity contribution is 5.30. The fraction of sp³-hybridized carbons (Fsp3) is 0.492. The minimum Gasteiger partial charge on any atom is -0.472 e. The SMILES string of the molecule is CC(C)(C)C1=CCC=C1.CC(C)(C)c1ccc[nH]1.CC(C)(C)c1ccccc1.CC(C)(C)c1ccccn1.CC(C)(C)c1ccco1.CC(C)(C)c1ccoc1.Cn1cccc1C(C)(C)C. The second-order valence-electron chi connectivity index (χ2n) is 24.2. The molecule has 0 radical (unpaired) electrons. The van der Waals surface area contributed by atoms with Crippen LogP contribution in [-0.2, 0) is 39.5 Å². The number of rotatable bonds is 0. The summed E-state index contributed by atoms with van der Waals surface area (Å²) in [6.07, 6.45) is 18.9. The van der Waals surface area contributed by atoms with Gasteiger partial charge in [0, 0.05) is 64.4 Å². The summed E-state index contributed by atoms with van der Waals surface area (Å²) < 4.78 is 12.3. The third-order valence-corrected chi connectivity index (χ3v) is 10.5. The molecule has 5 heterocycles. The number of aromatic nitrogens is 3. The lowest BCUT2D eigenvalue weighted by atomic mass is 9.87. The maximum Gasteiger partial charge on any atom is 0.109 e. The van der Waals surface area contributed by atoms with Gasteiger partial charge in [-0.1, -0.05) is 200 Å². The van der Waals surface area contributed by atoms with Gasteiger partial charge in [0.05, 0.1) is 18.8 Å². The number of aryl methyl sites for hydroxylation is 1. The summed E-state index contributed by atoms with van der Waals surface area (Å²) in [5.41, 5.74) is 9.71. The van der Waals surface area contributed by atoms with Crippen molar-refractivity contribution in [3.63, 3.8) is 0 Å². The first-order valence-corrected chi connectivity index (χ1v) is 23.8. The van der Waals surface area contributed by atoms with Crippen LogP contribution in [0.5, 0.6) is 0 Å². The molecule has 1 aromatic carbocycles. The first-order chi connectivity index (χ1) is 30.1. The molecule has 6 aromatic rings. The van der Waals surface area contributed by atoms with Crippen LogP contribution in [-0.4, -0.2) is 14.5 Å². The van der Waals surface area contributed by atoms with E-state index in [0.29, 0.717) is 10.8 Å². The Morgan fingerprint density at radius 3 is 1.36 bits per heavy atom. The third kappa shape index (κ3) is 23.9. The molecule has 0 amide bonds. The molecular formula is C61H93N3O2. The summed E-state index contributed by atoms with van der Waals surface area (Å²) in [5, 5.41) is 0. The van der Waals surface area contributed by atoms with Gasteiger partial charge in [0.2, 0.25) is 0 Å². The quantitative estimate of drug-likeness (QED) is 0.165. The number of nitrogens with zero attached hydrogens (tertiary/aromatic N) is 2. The van der Waals surface area contributed by atoms with Gasteiger partial charge < -0.3 is 18.4 Å². The number of nitrogens with one attached hydrogen (secondary N) is 1. The Balaban J connectivity index is 0.000000385. The Morgan fingerprint density at radius 2 is 1.12 bits per heavy atom. The number of hydrogen-bond donors (Lipinski definition) is 1. The highest BCUT2D eigenvalue weighted by Crippen LogP contribution is 2.29. The summed E-state index contributed by atoms with van der Waals surface area (Å²) in [5.74, 6) is 1.04. The Kier molecular flexibility index (Phi) is 23.0. The molecular weight excluding hydrogens is 807 g/mol. The number of benzene rings is 1. The maximum atomic E-state index is 5.20. The maximum absolute atomic E-state index is 5.20. The summed E-state index contributed by atoms with van der Waals surface area (Å²) >= 11 is 0. The average Bonchev–Trinajstić information content (AvgIpc) is 4.05. The predicted molar refractivity (Wildman–Crippen MR) is 288 cm³/mol. The number of allylic oxidation sites excluding steroid dienone is 4. The molecule has 5 nitrogen and oxygen atoms in total. The molecule has 0 fully saturated rings. The van der Waals surface area contributed by atoms with Gasteiger partial charge in [-0.05, 0) is 94.0 Å². The van der Waals surface area contributed by atoms with E-state index in [1.54, 1.807) is 18.8 Å². The molecule has 66 heavy (non-hydrogen) atoms. The van der Waals surface area contributed by atoms with E-state index in [9.17, 15) is 0 Å². The van der Waals surface area contributed by atoms with Crippen molar-refractivity contribution in [3.8, 4) is 0 Å². The predicted octanol–water partition coefficient (Wildman–Crippen LogP) is 18.1. The normalized spacial score (nSPS) is 12.7. The lowest BCUT2D eigenvalue weighted by Gasteiger charge is -2.19. The van der Waals surface area contributed by atoms with E-state index >= 15 is 0 Å². The van der Waals surface area contributed by atoms with E-state index in [1.165, 1.54) is 28.1 Å². The van der Waals surface area contributed by atoms with E-state index in [0.717, 1.165) is 17.9 Å². The Morgan fingerprint density at radius 1 is 0.515 bits per heavy atom. The smallest absolute Gasteiger partial charge is 0.109 e. The van der Waals surface area contributed by atoms with Crippen LogP contribution in [0.25, 0.3) is 0 Å². The molecule has 364 valence electrons. The second-order valence-corrected chi connectivity index (χ2v) is 24.2.